The molecule has 0 rings (SSSR count). The average Bonchev–Trinajstić information content (AvgIpc) is 3.12. The minimum absolute atomic E-state index is 0.0654. The van der Waals surface area contributed by atoms with Gasteiger partial charge in [0.1, 0.15) is 13.2 Å². The normalized spacial score (nSPS) is 12.6. The summed E-state index contributed by atoms with van der Waals surface area (Å²) in [7, 11) is 0. The molecular weight excluding hydrogens is 649 g/mol. The molecule has 6 nitrogen and oxygen atoms in total. The summed E-state index contributed by atoms with van der Waals surface area (Å²) < 4.78 is 16.7. The standard InChI is InChI=1S/C46H88O6/c1-6-8-9-10-19-26-31-36-44(47)50-39-43(52-46(49)38-33-28-23-18-13-11-15-20-24-29-34-41(3)4)40-51-45(48)37-32-27-22-17-14-12-16-21-25-30-35-42(5)7-2/h41-43H,6-40H2,1-5H3/t42?,43-/m0/s1. The van der Waals surface area contributed by atoms with Crippen LogP contribution in [-0.2, 0) is 28.6 Å². The SMILES string of the molecule is CCCCCCCCCC(=O)OC[C@@H](COC(=O)CCCCCCCCCCCCC(C)CC)OC(=O)CCCCCCCCCCCCC(C)C. The van der Waals surface area contributed by atoms with Crippen molar-refractivity contribution in [3.63, 3.8) is 0 Å². The summed E-state index contributed by atoms with van der Waals surface area (Å²) in [5.41, 5.74) is 0. The minimum atomic E-state index is -0.759. The van der Waals surface area contributed by atoms with Crippen LogP contribution in [-0.4, -0.2) is 37.2 Å². The van der Waals surface area contributed by atoms with Crippen molar-refractivity contribution in [3.8, 4) is 0 Å². The number of carbonyl (C=O) groups is 3. The van der Waals surface area contributed by atoms with Crippen LogP contribution in [0.4, 0.5) is 0 Å². The van der Waals surface area contributed by atoms with Crippen molar-refractivity contribution < 1.29 is 28.6 Å². The van der Waals surface area contributed by atoms with Crippen molar-refractivity contribution >= 4 is 17.9 Å². The van der Waals surface area contributed by atoms with Gasteiger partial charge in [-0.3, -0.25) is 14.4 Å². The molecule has 0 amide bonds. The van der Waals surface area contributed by atoms with Gasteiger partial charge in [0.05, 0.1) is 0 Å². The van der Waals surface area contributed by atoms with E-state index in [1.165, 1.54) is 135 Å². The Morgan fingerprint density at radius 3 is 1.10 bits per heavy atom. The molecule has 0 heterocycles. The van der Waals surface area contributed by atoms with Crippen molar-refractivity contribution in [1.82, 2.24) is 0 Å². The third-order valence-electron chi connectivity index (χ3n) is 10.6. The molecule has 0 aromatic rings. The van der Waals surface area contributed by atoms with Crippen LogP contribution in [0.3, 0.4) is 0 Å². The van der Waals surface area contributed by atoms with Crippen molar-refractivity contribution in [2.24, 2.45) is 11.8 Å². The van der Waals surface area contributed by atoms with Crippen LogP contribution in [0.5, 0.6) is 0 Å². The van der Waals surface area contributed by atoms with Crippen LogP contribution >= 0.6 is 0 Å². The topological polar surface area (TPSA) is 78.9 Å². The Morgan fingerprint density at radius 2 is 0.731 bits per heavy atom. The molecule has 0 saturated carbocycles. The molecule has 0 saturated heterocycles. The van der Waals surface area contributed by atoms with Crippen LogP contribution < -0.4 is 0 Å². The monoisotopic (exact) mass is 737 g/mol. The molecule has 0 aromatic carbocycles. The molecule has 0 bridgehead atoms. The van der Waals surface area contributed by atoms with Crippen LogP contribution in [0.2, 0.25) is 0 Å². The highest BCUT2D eigenvalue weighted by Crippen LogP contribution is 2.17. The van der Waals surface area contributed by atoms with Crippen molar-refractivity contribution in [2.75, 3.05) is 13.2 Å². The van der Waals surface area contributed by atoms with Gasteiger partial charge in [0, 0.05) is 19.3 Å². The fourth-order valence-electron chi connectivity index (χ4n) is 6.72. The highest BCUT2D eigenvalue weighted by Gasteiger charge is 2.19. The first-order valence-corrected chi connectivity index (χ1v) is 22.8. The first kappa shape index (κ1) is 50.4. The highest BCUT2D eigenvalue weighted by atomic mass is 16.6. The molecule has 0 aliphatic heterocycles. The summed E-state index contributed by atoms with van der Waals surface area (Å²) in [5.74, 6) is 0.822. The number of hydrogen-bond acceptors (Lipinski definition) is 6. The molecule has 0 N–H and O–H groups in total. The van der Waals surface area contributed by atoms with Gasteiger partial charge in [0.15, 0.2) is 6.10 Å². The molecule has 2 atom stereocenters. The van der Waals surface area contributed by atoms with Crippen molar-refractivity contribution in [1.29, 1.82) is 0 Å². The van der Waals surface area contributed by atoms with E-state index in [1.54, 1.807) is 0 Å². The number of esters is 3. The lowest BCUT2D eigenvalue weighted by Gasteiger charge is -2.18. The molecular formula is C46H88O6. The van der Waals surface area contributed by atoms with Gasteiger partial charge in [-0.2, -0.15) is 0 Å². The summed E-state index contributed by atoms with van der Waals surface area (Å²) in [6.45, 7) is 11.3. The zero-order valence-corrected chi connectivity index (χ0v) is 35.4. The van der Waals surface area contributed by atoms with E-state index in [0.29, 0.717) is 19.3 Å². The third kappa shape index (κ3) is 38.1. The smallest absolute Gasteiger partial charge is 0.306 e. The van der Waals surface area contributed by atoms with Gasteiger partial charge in [-0.15, -0.1) is 0 Å². The van der Waals surface area contributed by atoms with E-state index >= 15 is 0 Å². The molecule has 308 valence electrons. The molecule has 0 aromatic heterocycles. The summed E-state index contributed by atoms with van der Waals surface area (Å²) in [5, 5.41) is 0. The van der Waals surface area contributed by atoms with Gasteiger partial charge in [0.2, 0.25) is 0 Å². The summed E-state index contributed by atoms with van der Waals surface area (Å²) in [6.07, 6.45) is 36.6. The lowest BCUT2D eigenvalue weighted by molar-refractivity contribution is -0.167. The largest absolute Gasteiger partial charge is 0.462 e. The van der Waals surface area contributed by atoms with E-state index in [9.17, 15) is 14.4 Å². The minimum Gasteiger partial charge on any atom is -0.462 e. The fraction of sp³-hybridized carbons (Fsp3) is 0.935. The lowest BCUT2D eigenvalue weighted by atomic mass is 9.99. The Morgan fingerprint density at radius 1 is 0.404 bits per heavy atom. The Bertz CT molecular complexity index is 796. The van der Waals surface area contributed by atoms with E-state index in [4.69, 9.17) is 14.2 Å². The predicted molar refractivity (Wildman–Crippen MR) is 220 cm³/mol. The second-order valence-electron chi connectivity index (χ2n) is 16.4. The van der Waals surface area contributed by atoms with Gasteiger partial charge in [-0.05, 0) is 31.1 Å². The number of unbranched alkanes of at least 4 members (excludes halogenated alkanes) is 24. The maximum atomic E-state index is 12.7. The highest BCUT2D eigenvalue weighted by molar-refractivity contribution is 5.71. The second kappa shape index (κ2) is 39.1. The van der Waals surface area contributed by atoms with Crippen molar-refractivity contribution in [3.05, 3.63) is 0 Å². The maximum absolute atomic E-state index is 12.7. The Balaban J connectivity index is 4.28. The van der Waals surface area contributed by atoms with Crippen LogP contribution in [0.25, 0.3) is 0 Å². The summed E-state index contributed by atoms with van der Waals surface area (Å²) in [6, 6.07) is 0. The van der Waals surface area contributed by atoms with E-state index in [2.05, 4.69) is 34.6 Å². The number of hydrogen-bond donors (Lipinski definition) is 0. The zero-order valence-electron chi connectivity index (χ0n) is 35.4. The van der Waals surface area contributed by atoms with E-state index < -0.39 is 6.10 Å². The zero-order chi connectivity index (χ0) is 38.3. The van der Waals surface area contributed by atoms with Gasteiger partial charge in [0.25, 0.3) is 0 Å². The van der Waals surface area contributed by atoms with Crippen LogP contribution in [0.1, 0.15) is 247 Å². The molecule has 0 spiro atoms. The predicted octanol–water partition coefficient (Wildman–Crippen LogP) is 14.2. The average molecular weight is 737 g/mol. The van der Waals surface area contributed by atoms with Gasteiger partial charge >= 0.3 is 17.9 Å². The molecule has 0 fully saturated rings. The Hall–Kier alpha value is -1.59. The summed E-state index contributed by atoms with van der Waals surface area (Å²) >= 11 is 0. The quantitative estimate of drug-likeness (QED) is 0.0354. The number of rotatable bonds is 40. The lowest BCUT2D eigenvalue weighted by Crippen LogP contribution is -2.30. The van der Waals surface area contributed by atoms with Crippen LogP contribution in [0.15, 0.2) is 0 Å². The fourth-order valence-corrected chi connectivity index (χ4v) is 6.72. The van der Waals surface area contributed by atoms with Crippen LogP contribution in [0, 0.1) is 11.8 Å². The molecule has 0 radical (unpaired) electrons. The Labute approximate surface area is 323 Å². The van der Waals surface area contributed by atoms with E-state index in [-0.39, 0.29) is 31.1 Å². The first-order chi connectivity index (χ1) is 25.3. The summed E-state index contributed by atoms with van der Waals surface area (Å²) in [4.78, 5) is 37.6. The third-order valence-corrected chi connectivity index (χ3v) is 10.6. The molecule has 1 unspecified atom stereocenters. The van der Waals surface area contributed by atoms with Gasteiger partial charge in [-0.1, -0.05) is 208 Å². The van der Waals surface area contributed by atoms with Crippen molar-refractivity contribution in [2.45, 2.75) is 253 Å². The molecule has 0 aliphatic rings. The number of ether oxygens (including phenoxy) is 3. The first-order valence-electron chi connectivity index (χ1n) is 22.8. The molecule has 52 heavy (non-hydrogen) atoms. The molecule has 0 aliphatic carbocycles. The van der Waals surface area contributed by atoms with E-state index in [0.717, 1.165) is 69.6 Å². The van der Waals surface area contributed by atoms with E-state index in [1.807, 2.05) is 0 Å². The Kier molecular flexibility index (Phi) is 37.9. The second-order valence-corrected chi connectivity index (χ2v) is 16.4. The van der Waals surface area contributed by atoms with Gasteiger partial charge < -0.3 is 14.2 Å². The maximum Gasteiger partial charge on any atom is 0.306 e. The number of carbonyl (C=O) groups excluding carboxylic acids is 3. The molecule has 6 heteroatoms. The van der Waals surface area contributed by atoms with Gasteiger partial charge in [-0.25, -0.2) is 0 Å².